The summed E-state index contributed by atoms with van der Waals surface area (Å²) in [5.41, 5.74) is 5.47. The van der Waals surface area contributed by atoms with Crippen molar-refractivity contribution in [1.82, 2.24) is 14.6 Å². The molecular formula is C13H20N4O3S. The van der Waals surface area contributed by atoms with Crippen LogP contribution in [0.3, 0.4) is 0 Å². The molecule has 0 aromatic carbocycles. The molecule has 1 fully saturated rings. The molecule has 0 bridgehead atoms. The van der Waals surface area contributed by atoms with E-state index in [1.165, 1.54) is 29.6 Å². The molecular weight excluding hydrogens is 292 g/mol. The van der Waals surface area contributed by atoms with Gasteiger partial charge in [-0.2, -0.15) is 4.31 Å². The molecule has 7 nitrogen and oxygen atoms in total. The van der Waals surface area contributed by atoms with Crippen molar-refractivity contribution in [3.05, 3.63) is 18.3 Å². The van der Waals surface area contributed by atoms with Crippen molar-refractivity contribution in [1.29, 1.82) is 0 Å². The molecule has 3 N–H and O–H groups in total. The summed E-state index contributed by atoms with van der Waals surface area (Å²) in [7, 11) is -3.51. The van der Waals surface area contributed by atoms with Crippen LogP contribution in [0.15, 0.2) is 23.2 Å². The second-order valence-corrected chi connectivity index (χ2v) is 7.14. The van der Waals surface area contributed by atoms with Gasteiger partial charge in [0, 0.05) is 32.8 Å². The normalized spacial score (nSPS) is 17.6. The Kier molecular flexibility index (Phi) is 4.79. The van der Waals surface area contributed by atoms with E-state index in [-0.39, 0.29) is 10.8 Å². The van der Waals surface area contributed by atoms with E-state index in [2.05, 4.69) is 10.3 Å². The molecule has 0 atom stereocenters. The van der Waals surface area contributed by atoms with Gasteiger partial charge in [-0.3, -0.25) is 4.79 Å². The maximum Gasteiger partial charge on any atom is 0.244 e. The van der Waals surface area contributed by atoms with Crippen LogP contribution >= 0.6 is 0 Å². The number of pyridine rings is 1. The molecule has 0 aliphatic carbocycles. The van der Waals surface area contributed by atoms with Gasteiger partial charge >= 0.3 is 0 Å². The summed E-state index contributed by atoms with van der Waals surface area (Å²) in [5, 5.41) is 2.78. The highest BCUT2D eigenvalue weighted by molar-refractivity contribution is 7.89. The van der Waals surface area contributed by atoms with Crippen LogP contribution in [0.1, 0.15) is 19.8 Å². The smallest absolute Gasteiger partial charge is 0.244 e. The third kappa shape index (κ3) is 3.92. The first-order chi connectivity index (χ1) is 9.89. The highest BCUT2D eigenvalue weighted by atomic mass is 32.2. The molecule has 1 amide bonds. The fourth-order valence-electron chi connectivity index (χ4n) is 2.34. The van der Waals surface area contributed by atoms with E-state index >= 15 is 0 Å². The van der Waals surface area contributed by atoms with Gasteiger partial charge in [-0.25, -0.2) is 13.4 Å². The first-order valence-electron chi connectivity index (χ1n) is 6.85. The highest BCUT2D eigenvalue weighted by Crippen LogP contribution is 2.23. The van der Waals surface area contributed by atoms with E-state index in [1.807, 2.05) is 0 Å². The first-order valence-corrected chi connectivity index (χ1v) is 8.29. The van der Waals surface area contributed by atoms with Crippen molar-refractivity contribution < 1.29 is 13.2 Å². The summed E-state index contributed by atoms with van der Waals surface area (Å²) >= 11 is 0. The number of carbonyl (C=O) groups excluding carboxylic acids is 1. The topological polar surface area (TPSA) is 105 Å². The van der Waals surface area contributed by atoms with E-state index < -0.39 is 10.0 Å². The number of nitrogen functional groups attached to an aromatic ring is 1. The zero-order valence-electron chi connectivity index (χ0n) is 11.9. The summed E-state index contributed by atoms with van der Waals surface area (Å²) in [6, 6.07) is 2.96. The van der Waals surface area contributed by atoms with Gasteiger partial charge in [-0.15, -0.1) is 0 Å². The number of amides is 1. The second kappa shape index (κ2) is 6.40. The zero-order chi connectivity index (χ0) is 15.5. The molecule has 0 spiro atoms. The number of anilines is 1. The summed E-state index contributed by atoms with van der Waals surface area (Å²) < 4.78 is 26.4. The van der Waals surface area contributed by atoms with Crippen molar-refractivity contribution in [3.63, 3.8) is 0 Å². The number of carbonyl (C=O) groups is 1. The maximum atomic E-state index is 12.4. The number of nitrogens with zero attached hydrogens (tertiary/aromatic N) is 2. The minimum Gasteiger partial charge on any atom is -0.384 e. The van der Waals surface area contributed by atoms with Crippen LogP contribution in [0, 0.1) is 5.92 Å². The van der Waals surface area contributed by atoms with Gasteiger partial charge in [0.05, 0.1) is 0 Å². The lowest BCUT2D eigenvalue weighted by Gasteiger charge is -2.31. The second-order valence-electron chi connectivity index (χ2n) is 5.20. The van der Waals surface area contributed by atoms with Crippen molar-refractivity contribution in [2.45, 2.75) is 24.7 Å². The largest absolute Gasteiger partial charge is 0.384 e. The monoisotopic (exact) mass is 312 g/mol. The quantitative estimate of drug-likeness (QED) is 0.826. The zero-order valence-corrected chi connectivity index (χ0v) is 12.8. The predicted molar refractivity (Wildman–Crippen MR) is 78.8 cm³/mol. The van der Waals surface area contributed by atoms with Crippen LogP contribution in [-0.2, 0) is 14.8 Å². The number of sulfonamides is 1. The Balaban J connectivity index is 1.97. The summed E-state index contributed by atoms with van der Waals surface area (Å²) in [5.74, 6) is 0.561. The Bertz CT molecular complexity index is 592. The van der Waals surface area contributed by atoms with Crippen molar-refractivity contribution in [2.75, 3.05) is 25.4 Å². The van der Waals surface area contributed by atoms with Crippen LogP contribution in [0.4, 0.5) is 5.82 Å². The molecule has 2 heterocycles. The first kappa shape index (κ1) is 15.7. The van der Waals surface area contributed by atoms with Crippen molar-refractivity contribution >= 4 is 21.7 Å². The number of hydrogen-bond acceptors (Lipinski definition) is 5. The van der Waals surface area contributed by atoms with Crippen molar-refractivity contribution in [3.8, 4) is 0 Å². The molecule has 1 aromatic heterocycles. The van der Waals surface area contributed by atoms with Crippen LogP contribution in [0.2, 0.25) is 0 Å². The minimum absolute atomic E-state index is 0.0574. The molecule has 2 rings (SSSR count). The number of rotatable bonds is 4. The molecule has 8 heteroatoms. The van der Waals surface area contributed by atoms with E-state index in [1.54, 1.807) is 0 Å². The van der Waals surface area contributed by atoms with Gasteiger partial charge in [-0.1, -0.05) is 0 Å². The Labute approximate surface area is 124 Å². The van der Waals surface area contributed by atoms with Gasteiger partial charge < -0.3 is 11.1 Å². The summed E-state index contributed by atoms with van der Waals surface area (Å²) in [4.78, 5) is 14.9. The third-order valence-electron chi connectivity index (χ3n) is 3.61. The molecule has 116 valence electrons. The number of nitrogens with two attached hydrogens (primary N) is 1. The minimum atomic E-state index is -3.51. The standard InChI is InChI=1S/C13H20N4O3S/c1-10(18)15-8-11-4-6-17(7-5-11)21(19,20)12-2-3-13(14)16-9-12/h2-3,9,11H,4-8H2,1H3,(H2,14,16)(H,15,18). The molecule has 1 aliphatic heterocycles. The Hall–Kier alpha value is -1.67. The molecule has 0 unspecified atom stereocenters. The number of piperidine rings is 1. The Morgan fingerprint density at radius 2 is 2.10 bits per heavy atom. The van der Waals surface area contributed by atoms with Crippen LogP contribution in [-0.4, -0.2) is 43.2 Å². The Morgan fingerprint density at radius 1 is 1.43 bits per heavy atom. The SMILES string of the molecule is CC(=O)NCC1CCN(S(=O)(=O)c2ccc(N)nc2)CC1. The average Bonchev–Trinajstić information content (AvgIpc) is 2.46. The number of aromatic nitrogens is 1. The lowest BCUT2D eigenvalue weighted by atomic mass is 9.98. The fourth-order valence-corrected chi connectivity index (χ4v) is 3.75. The van der Waals surface area contributed by atoms with Crippen LogP contribution in [0.25, 0.3) is 0 Å². The number of nitrogens with one attached hydrogen (secondary N) is 1. The summed E-state index contributed by atoms with van der Waals surface area (Å²) in [6.07, 6.45) is 2.76. The third-order valence-corrected chi connectivity index (χ3v) is 5.49. The lowest BCUT2D eigenvalue weighted by Crippen LogP contribution is -2.41. The van der Waals surface area contributed by atoms with E-state index in [0.717, 1.165) is 12.8 Å². The Morgan fingerprint density at radius 3 is 2.62 bits per heavy atom. The molecule has 21 heavy (non-hydrogen) atoms. The van der Waals surface area contributed by atoms with Crippen LogP contribution < -0.4 is 11.1 Å². The molecule has 1 aliphatic rings. The van der Waals surface area contributed by atoms with E-state index in [9.17, 15) is 13.2 Å². The van der Waals surface area contributed by atoms with Gasteiger partial charge in [0.2, 0.25) is 15.9 Å². The lowest BCUT2D eigenvalue weighted by molar-refractivity contribution is -0.119. The van der Waals surface area contributed by atoms with E-state index in [0.29, 0.717) is 31.4 Å². The highest BCUT2D eigenvalue weighted by Gasteiger charge is 2.29. The van der Waals surface area contributed by atoms with Gasteiger partial charge in [0.1, 0.15) is 10.7 Å². The molecule has 0 saturated carbocycles. The van der Waals surface area contributed by atoms with Crippen molar-refractivity contribution in [2.24, 2.45) is 5.92 Å². The van der Waals surface area contributed by atoms with Gasteiger partial charge in [0.15, 0.2) is 0 Å². The predicted octanol–water partition coefficient (Wildman–Crippen LogP) is 0.201. The molecule has 1 aromatic rings. The van der Waals surface area contributed by atoms with E-state index in [4.69, 9.17) is 5.73 Å². The van der Waals surface area contributed by atoms with Gasteiger partial charge in [0.25, 0.3) is 0 Å². The average molecular weight is 312 g/mol. The summed E-state index contributed by atoms with van der Waals surface area (Å²) in [6.45, 7) is 2.99. The molecule has 1 saturated heterocycles. The van der Waals surface area contributed by atoms with Crippen LogP contribution in [0.5, 0.6) is 0 Å². The fraction of sp³-hybridized carbons (Fsp3) is 0.538. The number of hydrogen-bond donors (Lipinski definition) is 2. The van der Waals surface area contributed by atoms with Gasteiger partial charge in [-0.05, 0) is 30.9 Å². The maximum absolute atomic E-state index is 12.4. The molecule has 0 radical (unpaired) electrons.